The Balaban J connectivity index is 1.99. The molecule has 0 spiro atoms. The summed E-state index contributed by atoms with van der Waals surface area (Å²) in [7, 11) is 1.54. The summed E-state index contributed by atoms with van der Waals surface area (Å²) in [5, 5.41) is 13.2. The van der Waals surface area contributed by atoms with Crippen molar-refractivity contribution in [2.75, 3.05) is 20.2 Å². The molecule has 1 aromatic rings. The van der Waals surface area contributed by atoms with Gasteiger partial charge in [-0.2, -0.15) is 0 Å². The van der Waals surface area contributed by atoms with Crippen LogP contribution in [0.3, 0.4) is 0 Å². The Kier molecular flexibility index (Phi) is 2.69. The van der Waals surface area contributed by atoms with Crippen LogP contribution >= 0.6 is 0 Å². The summed E-state index contributed by atoms with van der Waals surface area (Å²) >= 11 is 0. The lowest BCUT2D eigenvalue weighted by Crippen LogP contribution is -2.61. The third-order valence-electron chi connectivity index (χ3n) is 2.41. The van der Waals surface area contributed by atoms with Crippen molar-refractivity contribution in [2.45, 2.75) is 19.1 Å². The fraction of sp³-hybridized carbons (Fsp3) is 0.600. The molecule has 0 atom stereocenters. The molecule has 0 aliphatic carbocycles. The number of aliphatic hydroxyl groups is 1. The van der Waals surface area contributed by atoms with Gasteiger partial charge in [0, 0.05) is 13.2 Å². The second-order valence-electron chi connectivity index (χ2n) is 4.27. The van der Waals surface area contributed by atoms with E-state index < -0.39 is 5.60 Å². The Morgan fingerprint density at radius 1 is 1.75 bits per heavy atom. The van der Waals surface area contributed by atoms with Gasteiger partial charge in [-0.25, -0.2) is 0 Å². The zero-order valence-corrected chi connectivity index (χ0v) is 9.27. The smallest absolute Gasteiger partial charge is 0.276 e. The van der Waals surface area contributed by atoms with Gasteiger partial charge in [-0.05, 0) is 6.92 Å². The van der Waals surface area contributed by atoms with E-state index in [0.29, 0.717) is 18.8 Å². The normalized spacial score (nSPS) is 18.3. The predicted molar refractivity (Wildman–Crippen MR) is 53.7 cm³/mol. The molecule has 0 aromatic carbocycles. The molecular weight excluding hydrogens is 212 g/mol. The molecule has 2 rings (SSSR count). The number of β-amino-alcohol motifs (C(OH)–C–C–N with tert-alkyl or cyclic N) is 1. The van der Waals surface area contributed by atoms with Crippen molar-refractivity contribution in [1.82, 2.24) is 10.1 Å². The number of ether oxygens (including phenoxy) is 1. The zero-order valence-electron chi connectivity index (χ0n) is 9.27. The van der Waals surface area contributed by atoms with Crippen molar-refractivity contribution in [3.63, 3.8) is 0 Å². The van der Waals surface area contributed by atoms with Crippen LogP contribution < -0.4 is 0 Å². The Hall–Kier alpha value is -1.40. The highest BCUT2D eigenvalue weighted by atomic mass is 16.5. The maximum absolute atomic E-state index is 11.8. The molecule has 6 nitrogen and oxygen atoms in total. The monoisotopic (exact) mass is 226 g/mol. The first-order valence-corrected chi connectivity index (χ1v) is 4.98. The molecule has 16 heavy (non-hydrogen) atoms. The van der Waals surface area contributed by atoms with Crippen LogP contribution in [0.25, 0.3) is 0 Å². The molecule has 0 unspecified atom stereocenters. The van der Waals surface area contributed by atoms with E-state index in [1.807, 2.05) is 0 Å². The Bertz CT molecular complexity index is 391. The van der Waals surface area contributed by atoms with E-state index >= 15 is 0 Å². The summed E-state index contributed by atoms with van der Waals surface area (Å²) < 4.78 is 9.77. The molecule has 6 heteroatoms. The van der Waals surface area contributed by atoms with Gasteiger partial charge in [-0.15, -0.1) is 0 Å². The number of rotatable bonds is 3. The minimum Gasteiger partial charge on any atom is -0.386 e. The topological polar surface area (TPSA) is 75.8 Å². The Labute approximate surface area is 92.8 Å². The average molecular weight is 226 g/mol. The van der Waals surface area contributed by atoms with Gasteiger partial charge in [0.2, 0.25) is 0 Å². The molecule has 0 saturated carbocycles. The summed E-state index contributed by atoms with van der Waals surface area (Å²) in [5.74, 6) is 0.288. The van der Waals surface area contributed by atoms with Crippen molar-refractivity contribution in [3.8, 4) is 0 Å². The number of likely N-dealkylation sites (tertiary alicyclic amines) is 1. The first-order chi connectivity index (χ1) is 7.52. The number of carbonyl (C=O) groups excluding carboxylic acids is 1. The van der Waals surface area contributed by atoms with Crippen molar-refractivity contribution in [1.29, 1.82) is 0 Å². The van der Waals surface area contributed by atoms with E-state index in [1.165, 1.54) is 12.0 Å². The van der Waals surface area contributed by atoms with Crippen LogP contribution in [-0.4, -0.2) is 46.9 Å². The zero-order chi connectivity index (χ0) is 11.8. The molecule has 1 aromatic heterocycles. The lowest BCUT2D eigenvalue weighted by atomic mass is 9.96. The second-order valence-corrected chi connectivity index (χ2v) is 4.27. The molecule has 2 heterocycles. The average Bonchev–Trinajstić information content (AvgIpc) is 2.62. The van der Waals surface area contributed by atoms with E-state index in [2.05, 4.69) is 5.16 Å². The van der Waals surface area contributed by atoms with Crippen LogP contribution in [0.1, 0.15) is 23.2 Å². The molecule has 1 aliphatic heterocycles. The number of nitrogens with zero attached hydrogens (tertiary/aromatic N) is 2. The maximum Gasteiger partial charge on any atom is 0.276 e. The SMILES string of the molecule is COCc1cc(C(=O)N2CC(C)(O)C2)no1. The van der Waals surface area contributed by atoms with Crippen molar-refractivity contribution < 1.29 is 19.2 Å². The van der Waals surface area contributed by atoms with Crippen LogP contribution in [0.4, 0.5) is 0 Å². The molecule has 1 saturated heterocycles. The first-order valence-electron chi connectivity index (χ1n) is 4.98. The third-order valence-corrected chi connectivity index (χ3v) is 2.41. The molecular formula is C10H14N2O4. The molecule has 1 N–H and O–H groups in total. The van der Waals surface area contributed by atoms with Gasteiger partial charge in [0.15, 0.2) is 11.5 Å². The largest absolute Gasteiger partial charge is 0.386 e. The molecule has 88 valence electrons. The first kappa shape index (κ1) is 11.1. The molecule has 0 radical (unpaired) electrons. The predicted octanol–water partition coefficient (Wildman–Crippen LogP) is 0.0278. The van der Waals surface area contributed by atoms with Crippen LogP contribution in [0.2, 0.25) is 0 Å². The highest BCUT2D eigenvalue weighted by Gasteiger charge is 2.40. The number of hydrogen-bond acceptors (Lipinski definition) is 5. The second kappa shape index (κ2) is 3.88. The van der Waals surface area contributed by atoms with Gasteiger partial charge in [-0.1, -0.05) is 5.16 Å². The lowest BCUT2D eigenvalue weighted by molar-refractivity contribution is -0.0671. The summed E-state index contributed by atoms with van der Waals surface area (Å²) in [6.45, 7) is 2.64. The van der Waals surface area contributed by atoms with Gasteiger partial charge >= 0.3 is 0 Å². The number of carbonyl (C=O) groups is 1. The van der Waals surface area contributed by atoms with Gasteiger partial charge in [-0.3, -0.25) is 4.79 Å². The summed E-state index contributed by atoms with van der Waals surface area (Å²) in [6.07, 6.45) is 0. The van der Waals surface area contributed by atoms with Gasteiger partial charge in [0.05, 0.1) is 18.7 Å². The van der Waals surface area contributed by atoms with E-state index in [-0.39, 0.29) is 18.2 Å². The number of amides is 1. The highest BCUT2D eigenvalue weighted by Crippen LogP contribution is 2.22. The van der Waals surface area contributed by atoms with E-state index in [1.54, 1.807) is 13.0 Å². The highest BCUT2D eigenvalue weighted by molar-refractivity contribution is 5.93. The molecule has 0 bridgehead atoms. The Morgan fingerprint density at radius 2 is 2.44 bits per heavy atom. The standard InChI is InChI=1S/C10H14N2O4/c1-10(14)5-12(6-10)9(13)8-3-7(4-15-2)16-11-8/h3,14H,4-6H2,1-2H3. The third kappa shape index (κ3) is 2.07. The molecule has 1 fully saturated rings. The number of hydrogen-bond donors (Lipinski definition) is 1. The fourth-order valence-corrected chi connectivity index (χ4v) is 1.71. The van der Waals surface area contributed by atoms with E-state index in [9.17, 15) is 9.90 Å². The molecule has 1 amide bonds. The van der Waals surface area contributed by atoms with Crippen LogP contribution in [-0.2, 0) is 11.3 Å². The van der Waals surface area contributed by atoms with Crippen molar-refractivity contribution >= 4 is 5.91 Å². The van der Waals surface area contributed by atoms with Gasteiger partial charge in [0.25, 0.3) is 5.91 Å². The van der Waals surface area contributed by atoms with E-state index in [4.69, 9.17) is 9.26 Å². The van der Waals surface area contributed by atoms with Crippen LogP contribution in [0.15, 0.2) is 10.6 Å². The van der Waals surface area contributed by atoms with Gasteiger partial charge < -0.3 is 19.3 Å². The van der Waals surface area contributed by atoms with Gasteiger partial charge in [0.1, 0.15) is 6.61 Å². The van der Waals surface area contributed by atoms with Crippen LogP contribution in [0.5, 0.6) is 0 Å². The van der Waals surface area contributed by atoms with Crippen LogP contribution in [0, 0.1) is 0 Å². The Morgan fingerprint density at radius 3 is 3.00 bits per heavy atom. The fourth-order valence-electron chi connectivity index (χ4n) is 1.71. The summed E-state index contributed by atoms with van der Waals surface area (Å²) in [6, 6.07) is 1.55. The summed E-state index contributed by atoms with van der Waals surface area (Å²) in [5.41, 5.74) is -0.517. The number of methoxy groups -OCH3 is 1. The lowest BCUT2D eigenvalue weighted by Gasteiger charge is -2.43. The molecule has 1 aliphatic rings. The maximum atomic E-state index is 11.8. The van der Waals surface area contributed by atoms with Crippen molar-refractivity contribution in [3.05, 3.63) is 17.5 Å². The van der Waals surface area contributed by atoms with E-state index in [0.717, 1.165) is 0 Å². The number of aromatic nitrogens is 1. The minimum atomic E-state index is -0.769. The summed E-state index contributed by atoms with van der Waals surface area (Å²) in [4.78, 5) is 13.3. The quantitative estimate of drug-likeness (QED) is 0.786. The minimum absolute atomic E-state index is 0.224. The van der Waals surface area contributed by atoms with Crippen molar-refractivity contribution in [2.24, 2.45) is 0 Å².